The summed E-state index contributed by atoms with van der Waals surface area (Å²) in [6.07, 6.45) is 8.42. The van der Waals surface area contributed by atoms with E-state index in [0.29, 0.717) is 18.2 Å². The molecule has 114 valence electrons. The fourth-order valence-electron chi connectivity index (χ4n) is 4.78. The molecule has 1 aliphatic heterocycles. The highest BCUT2D eigenvalue weighted by Crippen LogP contribution is 2.38. The molecule has 1 heterocycles. The standard InChI is InChI=1S/C19H27NO/c1-13-10-14-6-2-3-7-15(14)17(11-13)20-18-12-21-19-9-5-4-8-16(18)19/h2-3,6-7,13,16-20H,4-5,8-12H2,1H3. The third kappa shape index (κ3) is 2.64. The van der Waals surface area contributed by atoms with Gasteiger partial charge in [-0.2, -0.15) is 0 Å². The van der Waals surface area contributed by atoms with E-state index in [-0.39, 0.29) is 0 Å². The van der Waals surface area contributed by atoms with E-state index in [2.05, 4.69) is 36.5 Å². The molecule has 5 atom stereocenters. The summed E-state index contributed by atoms with van der Waals surface area (Å²) in [6, 6.07) is 10.1. The quantitative estimate of drug-likeness (QED) is 0.891. The maximum Gasteiger partial charge on any atom is 0.0627 e. The summed E-state index contributed by atoms with van der Waals surface area (Å²) in [6.45, 7) is 3.31. The molecule has 1 N–H and O–H groups in total. The Morgan fingerprint density at radius 1 is 1.14 bits per heavy atom. The minimum atomic E-state index is 0.527. The topological polar surface area (TPSA) is 21.3 Å². The molecule has 0 amide bonds. The van der Waals surface area contributed by atoms with Gasteiger partial charge in [-0.05, 0) is 42.7 Å². The Morgan fingerprint density at radius 2 is 2.00 bits per heavy atom. The van der Waals surface area contributed by atoms with Crippen molar-refractivity contribution in [3.8, 4) is 0 Å². The zero-order valence-electron chi connectivity index (χ0n) is 13.1. The van der Waals surface area contributed by atoms with Gasteiger partial charge in [-0.15, -0.1) is 0 Å². The van der Waals surface area contributed by atoms with Gasteiger partial charge in [0.1, 0.15) is 0 Å². The summed E-state index contributed by atoms with van der Waals surface area (Å²) < 4.78 is 6.06. The predicted molar refractivity (Wildman–Crippen MR) is 85.3 cm³/mol. The van der Waals surface area contributed by atoms with Crippen LogP contribution in [0.5, 0.6) is 0 Å². The Kier molecular flexibility index (Phi) is 3.76. The van der Waals surface area contributed by atoms with Crippen molar-refractivity contribution in [3.63, 3.8) is 0 Å². The van der Waals surface area contributed by atoms with Crippen molar-refractivity contribution >= 4 is 0 Å². The van der Waals surface area contributed by atoms with Gasteiger partial charge in [-0.3, -0.25) is 0 Å². The molecule has 1 saturated heterocycles. The molecule has 5 unspecified atom stereocenters. The number of ether oxygens (including phenoxy) is 1. The molecule has 21 heavy (non-hydrogen) atoms. The van der Waals surface area contributed by atoms with Gasteiger partial charge in [0.05, 0.1) is 12.7 Å². The molecule has 1 saturated carbocycles. The van der Waals surface area contributed by atoms with Gasteiger partial charge in [-0.25, -0.2) is 0 Å². The number of hydrogen-bond acceptors (Lipinski definition) is 2. The Hall–Kier alpha value is -0.860. The van der Waals surface area contributed by atoms with Crippen LogP contribution in [-0.2, 0) is 11.2 Å². The first-order valence-corrected chi connectivity index (χ1v) is 8.76. The van der Waals surface area contributed by atoms with Crippen LogP contribution in [0, 0.1) is 11.8 Å². The molecule has 0 aromatic heterocycles. The zero-order valence-corrected chi connectivity index (χ0v) is 13.1. The molecule has 2 nitrogen and oxygen atoms in total. The SMILES string of the molecule is CC1Cc2ccccc2C(NC2COC3CCCCC23)C1. The van der Waals surface area contributed by atoms with Crippen molar-refractivity contribution < 1.29 is 4.74 Å². The highest BCUT2D eigenvalue weighted by Gasteiger charge is 2.40. The molecule has 2 aliphatic carbocycles. The van der Waals surface area contributed by atoms with Crippen molar-refractivity contribution in [2.24, 2.45) is 11.8 Å². The van der Waals surface area contributed by atoms with Gasteiger partial charge in [0.15, 0.2) is 0 Å². The predicted octanol–water partition coefficient (Wildman–Crippen LogP) is 3.86. The second-order valence-corrected chi connectivity index (χ2v) is 7.39. The van der Waals surface area contributed by atoms with E-state index in [1.807, 2.05) is 0 Å². The maximum atomic E-state index is 6.06. The zero-order chi connectivity index (χ0) is 14.2. The van der Waals surface area contributed by atoms with Crippen LogP contribution in [0.4, 0.5) is 0 Å². The highest BCUT2D eigenvalue weighted by atomic mass is 16.5. The number of nitrogens with one attached hydrogen (secondary N) is 1. The van der Waals surface area contributed by atoms with Gasteiger partial charge in [0.25, 0.3) is 0 Å². The molecule has 2 fully saturated rings. The fourth-order valence-corrected chi connectivity index (χ4v) is 4.78. The lowest BCUT2D eigenvalue weighted by atomic mass is 9.79. The van der Waals surface area contributed by atoms with Crippen LogP contribution in [0.15, 0.2) is 24.3 Å². The second kappa shape index (κ2) is 5.73. The largest absolute Gasteiger partial charge is 0.376 e. The first-order chi connectivity index (χ1) is 10.3. The summed E-state index contributed by atoms with van der Waals surface area (Å²) in [4.78, 5) is 0. The van der Waals surface area contributed by atoms with Crippen LogP contribution in [0.2, 0.25) is 0 Å². The van der Waals surface area contributed by atoms with E-state index >= 15 is 0 Å². The van der Waals surface area contributed by atoms with Crippen LogP contribution in [-0.4, -0.2) is 18.8 Å². The van der Waals surface area contributed by atoms with Gasteiger partial charge < -0.3 is 10.1 Å². The lowest BCUT2D eigenvalue weighted by Gasteiger charge is -2.35. The molecular formula is C19H27NO. The van der Waals surface area contributed by atoms with Crippen molar-refractivity contribution in [1.29, 1.82) is 0 Å². The molecule has 1 aromatic carbocycles. The molecule has 0 spiro atoms. The maximum absolute atomic E-state index is 6.06. The molecule has 0 bridgehead atoms. The van der Waals surface area contributed by atoms with Crippen LogP contribution in [0.25, 0.3) is 0 Å². The number of rotatable bonds is 2. The van der Waals surface area contributed by atoms with Crippen LogP contribution < -0.4 is 5.32 Å². The first-order valence-electron chi connectivity index (χ1n) is 8.76. The molecule has 0 radical (unpaired) electrons. The van der Waals surface area contributed by atoms with E-state index in [9.17, 15) is 0 Å². The Bertz CT molecular complexity index is 500. The van der Waals surface area contributed by atoms with Crippen molar-refractivity contribution in [1.82, 2.24) is 5.32 Å². The van der Waals surface area contributed by atoms with Crippen molar-refractivity contribution in [2.75, 3.05) is 6.61 Å². The smallest absolute Gasteiger partial charge is 0.0627 e. The molecular weight excluding hydrogens is 258 g/mol. The number of fused-ring (bicyclic) bond motifs is 2. The number of hydrogen-bond donors (Lipinski definition) is 1. The Morgan fingerprint density at radius 3 is 2.95 bits per heavy atom. The summed E-state index contributed by atoms with van der Waals surface area (Å²) in [5, 5.41) is 3.98. The third-order valence-corrected chi connectivity index (χ3v) is 5.81. The van der Waals surface area contributed by atoms with E-state index in [4.69, 9.17) is 4.74 Å². The van der Waals surface area contributed by atoms with Gasteiger partial charge in [-0.1, -0.05) is 44.0 Å². The lowest BCUT2D eigenvalue weighted by molar-refractivity contribution is 0.0663. The monoisotopic (exact) mass is 285 g/mol. The van der Waals surface area contributed by atoms with E-state index < -0.39 is 0 Å². The lowest BCUT2D eigenvalue weighted by Crippen LogP contribution is -2.42. The van der Waals surface area contributed by atoms with Gasteiger partial charge in [0, 0.05) is 18.0 Å². The summed E-state index contributed by atoms with van der Waals surface area (Å²) in [5.41, 5.74) is 3.09. The molecule has 2 heteroatoms. The van der Waals surface area contributed by atoms with Gasteiger partial charge in [0.2, 0.25) is 0 Å². The summed E-state index contributed by atoms with van der Waals surface area (Å²) >= 11 is 0. The first kappa shape index (κ1) is 13.8. The number of benzene rings is 1. The van der Waals surface area contributed by atoms with E-state index in [1.165, 1.54) is 44.1 Å². The van der Waals surface area contributed by atoms with Gasteiger partial charge >= 0.3 is 0 Å². The normalized spacial score (nSPS) is 38.8. The molecule has 4 rings (SSSR count). The van der Waals surface area contributed by atoms with Crippen molar-refractivity contribution in [2.45, 2.75) is 63.6 Å². The fraction of sp³-hybridized carbons (Fsp3) is 0.684. The third-order valence-electron chi connectivity index (χ3n) is 5.81. The Balaban J connectivity index is 1.52. The second-order valence-electron chi connectivity index (χ2n) is 7.39. The average molecular weight is 285 g/mol. The molecule has 1 aromatic rings. The van der Waals surface area contributed by atoms with Crippen LogP contribution >= 0.6 is 0 Å². The summed E-state index contributed by atoms with van der Waals surface area (Å²) in [7, 11) is 0. The summed E-state index contributed by atoms with van der Waals surface area (Å²) in [5.74, 6) is 1.53. The minimum Gasteiger partial charge on any atom is -0.376 e. The minimum absolute atomic E-state index is 0.527. The highest BCUT2D eigenvalue weighted by molar-refractivity contribution is 5.32. The van der Waals surface area contributed by atoms with E-state index in [0.717, 1.165) is 18.4 Å². The van der Waals surface area contributed by atoms with E-state index in [1.54, 1.807) is 5.56 Å². The average Bonchev–Trinajstić information content (AvgIpc) is 2.90. The molecule has 3 aliphatic rings. The van der Waals surface area contributed by atoms with Crippen LogP contribution in [0.1, 0.15) is 56.2 Å². The Labute approximate surface area is 128 Å². The van der Waals surface area contributed by atoms with Crippen LogP contribution in [0.3, 0.4) is 0 Å². The van der Waals surface area contributed by atoms with Crippen molar-refractivity contribution in [3.05, 3.63) is 35.4 Å².